The number of amides is 1. The number of hydrogen-bond donors (Lipinski definition) is 1. The molecule has 5 nitrogen and oxygen atoms in total. The summed E-state index contributed by atoms with van der Waals surface area (Å²) in [5.74, 6) is 0.428. The van der Waals surface area contributed by atoms with Gasteiger partial charge < -0.3 is 4.42 Å². The fraction of sp³-hybridized carbons (Fsp3) is 0.115. The molecule has 0 radical (unpaired) electrons. The number of carbonyl (C=O) groups is 1. The Balaban J connectivity index is 1.59. The molecule has 4 rings (SSSR count). The number of carbonyl (C=O) groups excluding carboxylic acids is 1. The predicted octanol–water partition coefficient (Wildman–Crippen LogP) is 5.88. The maximum absolute atomic E-state index is 12.9. The second-order valence-electron chi connectivity index (χ2n) is 7.11. The van der Waals surface area contributed by atoms with Crippen molar-refractivity contribution in [3.8, 4) is 11.3 Å². The lowest BCUT2D eigenvalue weighted by atomic mass is 10.0. The Morgan fingerprint density at radius 2 is 1.94 bits per heavy atom. The molecule has 4 aromatic rings. The van der Waals surface area contributed by atoms with E-state index in [4.69, 9.17) is 9.40 Å². The molecule has 0 atom stereocenters. The molecule has 1 amide bonds. The Kier molecular flexibility index (Phi) is 6.33. The van der Waals surface area contributed by atoms with Crippen molar-refractivity contribution in [2.24, 2.45) is 5.10 Å². The molecule has 31 heavy (non-hydrogen) atoms. The second kappa shape index (κ2) is 9.67. The van der Waals surface area contributed by atoms with E-state index in [0.29, 0.717) is 11.3 Å². The van der Waals surface area contributed by atoms with Crippen molar-refractivity contribution in [2.75, 3.05) is 0 Å². The summed E-state index contributed by atoms with van der Waals surface area (Å²) in [6, 6.07) is 21.4. The molecule has 0 spiro atoms. The lowest BCUT2D eigenvalue weighted by Gasteiger charge is -2.09. The van der Waals surface area contributed by atoms with Crippen molar-refractivity contribution < 1.29 is 9.21 Å². The molecular weight excluding hydrogens is 386 g/mol. The average Bonchev–Trinajstić information content (AvgIpc) is 3.32. The largest absolute Gasteiger partial charge is 0.465 e. The summed E-state index contributed by atoms with van der Waals surface area (Å²) >= 11 is 0. The van der Waals surface area contributed by atoms with Gasteiger partial charge in [0.2, 0.25) is 0 Å². The Morgan fingerprint density at radius 1 is 1.10 bits per heavy atom. The molecule has 1 N–H and O–H groups in total. The highest BCUT2D eigenvalue weighted by Crippen LogP contribution is 2.25. The van der Waals surface area contributed by atoms with Gasteiger partial charge in [-0.05, 0) is 48.4 Å². The van der Waals surface area contributed by atoms with Crippen molar-refractivity contribution in [3.05, 3.63) is 96.0 Å². The molecule has 0 saturated heterocycles. The van der Waals surface area contributed by atoms with Gasteiger partial charge in [-0.1, -0.05) is 55.8 Å². The smallest absolute Gasteiger partial charge is 0.272 e. The number of benzene rings is 2. The number of para-hydroxylation sites is 1. The molecule has 0 bridgehead atoms. The lowest BCUT2D eigenvalue weighted by molar-refractivity contribution is 0.0957. The number of hydrazone groups is 1. The van der Waals surface area contributed by atoms with E-state index in [1.54, 1.807) is 18.4 Å². The van der Waals surface area contributed by atoms with Crippen LogP contribution in [-0.4, -0.2) is 17.1 Å². The molecule has 5 heteroatoms. The van der Waals surface area contributed by atoms with E-state index >= 15 is 0 Å². The number of nitrogens with one attached hydrogen (secondary N) is 1. The minimum Gasteiger partial charge on any atom is -0.465 e. The maximum atomic E-state index is 12.9. The number of pyridine rings is 1. The van der Waals surface area contributed by atoms with Crippen molar-refractivity contribution in [2.45, 2.75) is 19.8 Å². The monoisotopic (exact) mass is 409 g/mol. The lowest BCUT2D eigenvalue weighted by Crippen LogP contribution is -2.18. The third kappa shape index (κ3) is 4.95. The first kappa shape index (κ1) is 20.3. The number of aryl methyl sites for hydroxylation is 1. The molecule has 0 fully saturated rings. The third-order valence-corrected chi connectivity index (χ3v) is 4.88. The van der Waals surface area contributed by atoms with Crippen LogP contribution in [0.25, 0.3) is 28.2 Å². The summed E-state index contributed by atoms with van der Waals surface area (Å²) in [6.07, 6.45) is 8.73. The quantitative estimate of drug-likeness (QED) is 0.306. The third-order valence-electron chi connectivity index (χ3n) is 4.88. The van der Waals surface area contributed by atoms with Crippen molar-refractivity contribution in [1.29, 1.82) is 0 Å². The number of furan rings is 1. The Morgan fingerprint density at radius 3 is 2.71 bits per heavy atom. The van der Waals surface area contributed by atoms with E-state index in [1.165, 1.54) is 11.8 Å². The summed E-state index contributed by atoms with van der Waals surface area (Å²) in [7, 11) is 0. The minimum absolute atomic E-state index is 0.287. The normalized spacial score (nSPS) is 11.5. The summed E-state index contributed by atoms with van der Waals surface area (Å²) in [5.41, 5.74) is 6.93. The van der Waals surface area contributed by atoms with Gasteiger partial charge in [0.15, 0.2) is 0 Å². The topological polar surface area (TPSA) is 67.5 Å². The Labute approximate surface area is 181 Å². The Bertz CT molecular complexity index is 1220. The van der Waals surface area contributed by atoms with Gasteiger partial charge in [-0.15, -0.1) is 0 Å². The predicted molar refractivity (Wildman–Crippen MR) is 125 cm³/mol. The van der Waals surface area contributed by atoms with Crippen molar-refractivity contribution in [1.82, 2.24) is 10.4 Å². The Hall–Kier alpha value is -3.99. The summed E-state index contributed by atoms with van der Waals surface area (Å²) in [4.78, 5) is 17.6. The van der Waals surface area contributed by atoms with Gasteiger partial charge in [0.25, 0.3) is 5.91 Å². The van der Waals surface area contributed by atoms with Crippen molar-refractivity contribution >= 4 is 29.1 Å². The molecular formula is C26H23N3O2. The van der Waals surface area contributed by atoms with Gasteiger partial charge >= 0.3 is 0 Å². The number of allylic oxidation sites excluding steroid dienone is 1. The zero-order chi connectivity index (χ0) is 21.5. The molecule has 0 aliphatic heterocycles. The first-order valence-corrected chi connectivity index (χ1v) is 10.3. The number of aromatic nitrogens is 1. The number of hydrogen-bond acceptors (Lipinski definition) is 4. The van der Waals surface area contributed by atoms with E-state index in [-0.39, 0.29) is 5.91 Å². The number of fused-ring (bicyclic) bond motifs is 1. The molecule has 0 aliphatic carbocycles. The van der Waals surface area contributed by atoms with Crippen LogP contribution >= 0.6 is 0 Å². The van der Waals surface area contributed by atoms with E-state index in [2.05, 4.69) is 41.7 Å². The maximum Gasteiger partial charge on any atom is 0.272 e. The van der Waals surface area contributed by atoms with E-state index in [1.807, 2.05) is 42.5 Å². The van der Waals surface area contributed by atoms with E-state index in [9.17, 15) is 4.79 Å². The zero-order valence-electron chi connectivity index (χ0n) is 17.3. The molecule has 2 aromatic heterocycles. The van der Waals surface area contributed by atoms with Gasteiger partial charge in [-0.2, -0.15) is 5.10 Å². The summed E-state index contributed by atoms with van der Waals surface area (Å²) < 4.78 is 5.21. The van der Waals surface area contributed by atoms with Crippen LogP contribution in [0.2, 0.25) is 0 Å². The van der Waals surface area contributed by atoms with Gasteiger partial charge in [-0.25, -0.2) is 10.4 Å². The minimum atomic E-state index is -0.287. The van der Waals surface area contributed by atoms with Crippen LogP contribution in [-0.2, 0) is 6.42 Å². The first-order valence-electron chi connectivity index (χ1n) is 10.3. The molecule has 0 saturated carbocycles. The molecule has 0 aliphatic rings. The van der Waals surface area contributed by atoms with Crippen molar-refractivity contribution in [3.63, 3.8) is 0 Å². The van der Waals surface area contributed by atoms with Crippen LogP contribution in [0.4, 0.5) is 0 Å². The van der Waals surface area contributed by atoms with Gasteiger partial charge in [0.05, 0.1) is 23.0 Å². The van der Waals surface area contributed by atoms with Crippen LogP contribution in [0.3, 0.4) is 0 Å². The highest BCUT2D eigenvalue weighted by atomic mass is 16.3. The first-order chi connectivity index (χ1) is 15.2. The van der Waals surface area contributed by atoms with Crippen LogP contribution in [0.1, 0.15) is 35.0 Å². The standard InChI is InChI=1S/C26H23N3O2/c1-2-7-19-12-14-20(15-13-19)25-18-23(22-10-3-4-11-24(22)28-25)26(30)29-27-16-5-8-21-9-6-17-31-21/h3-6,8-18H,2,7H2,1H3,(H,29,30)/b8-5+,27-16-. The summed E-state index contributed by atoms with van der Waals surface area (Å²) in [6.45, 7) is 2.17. The van der Waals surface area contributed by atoms with Gasteiger partial charge in [0.1, 0.15) is 5.76 Å². The zero-order valence-corrected chi connectivity index (χ0v) is 17.3. The number of nitrogens with zero attached hydrogens (tertiary/aromatic N) is 2. The van der Waals surface area contributed by atoms with E-state index in [0.717, 1.165) is 35.0 Å². The highest BCUT2D eigenvalue weighted by molar-refractivity contribution is 6.07. The van der Waals surface area contributed by atoms with E-state index < -0.39 is 0 Å². The highest BCUT2D eigenvalue weighted by Gasteiger charge is 2.13. The van der Waals surface area contributed by atoms with Crippen LogP contribution in [0.5, 0.6) is 0 Å². The van der Waals surface area contributed by atoms with Crippen LogP contribution in [0, 0.1) is 0 Å². The fourth-order valence-electron chi connectivity index (χ4n) is 3.37. The van der Waals surface area contributed by atoms with Crippen LogP contribution < -0.4 is 5.43 Å². The molecule has 2 aromatic carbocycles. The fourth-order valence-corrected chi connectivity index (χ4v) is 3.37. The molecule has 0 unspecified atom stereocenters. The average molecular weight is 409 g/mol. The molecule has 154 valence electrons. The number of rotatable bonds is 7. The SMILES string of the molecule is CCCc1ccc(-c2cc(C(=O)N/N=C\C=C\c3ccco3)c3ccccc3n2)cc1. The summed E-state index contributed by atoms with van der Waals surface area (Å²) in [5, 5.41) is 4.80. The van der Waals surface area contributed by atoms with Crippen LogP contribution in [0.15, 0.2) is 88.6 Å². The molecule has 2 heterocycles. The second-order valence-corrected chi connectivity index (χ2v) is 7.11. The van der Waals surface area contributed by atoms with Gasteiger partial charge in [0, 0.05) is 17.2 Å². The van der Waals surface area contributed by atoms with Gasteiger partial charge in [-0.3, -0.25) is 4.79 Å².